The third kappa shape index (κ3) is 10.4. The number of nitrogens with one attached hydrogen (secondary N) is 2. The lowest BCUT2D eigenvalue weighted by molar-refractivity contribution is -0.205. The van der Waals surface area contributed by atoms with Gasteiger partial charge in [0.05, 0.1) is 11.8 Å². The molecular weight excluding hydrogens is 502 g/mol. The number of ether oxygens (including phenoxy) is 2. The maximum Gasteiger partial charge on any atom is 0.421 e. The minimum atomic E-state index is -4.99. The van der Waals surface area contributed by atoms with E-state index in [9.17, 15) is 35.9 Å². The predicted molar refractivity (Wildman–Crippen MR) is 116 cm³/mol. The first-order chi connectivity index (χ1) is 16.3. The van der Waals surface area contributed by atoms with Gasteiger partial charge in [0.25, 0.3) is 5.91 Å². The standard InChI is InChI=1S/C21H30F6N4O5/c1-11(8-6-5-7-9-14(32)21(25,26)27)35-17-12(20(22,23)24)10-13(15(30-17)16(33)31-28)29-18(34)36-19(2,3)4/h10-11,14,32H,5-9,28H2,1-4H3,(H,29,34)(H,31,33)/t11-,14?/m1/s1. The molecule has 0 fully saturated rings. The Labute approximate surface area is 203 Å². The molecule has 206 valence electrons. The van der Waals surface area contributed by atoms with Gasteiger partial charge in [-0.15, -0.1) is 0 Å². The number of rotatable bonds is 10. The largest absolute Gasteiger partial charge is 0.474 e. The highest BCUT2D eigenvalue weighted by atomic mass is 19.4. The van der Waals surface area contributed by atoms with Crippen LogP contribution >= 0.6 is 0 Å². The van der Waals surface area contributed by atoms with E-state index < -0.39 is 71.4 Å². The van der Waals surface area contributed by atoms with E-state index in [0.29, 0.717) is 12.5 Å². The first-order valence-electron chi connectivity index (χ1n) is 10.9. The van der Waals surface area contributed by atoms with Crippen LogP contribution in [-0.2, 0) is 10.9 Å². The van der Waals surface area contributed by atoms with Crippen molar-refractivity contribution in [1.29, 1.82) is 0 Å². The number of aromatic nitrogens is 1. The van der Waals surface area contributed by atoms with Crippen LogP contribution in [0.15, 0.2) is 6.07 Å². The highest BCUT2D eigenvalue weighted by Crippen LogP contribution is 2.38. The van der Waals surface area contributed by atoms with E-state index in [1.807, 2.05) is 5.32 Å². The molecule has 0 spiro atoms. The molecule has 2 amide bonds. The van der Waals surface area contributed by atoms with Crippen molar-refractivity contribution in [2.75, 3.05) is 5.32 Å². The van der Waals surface area contributed by atoms with Gasteiger partial charge in [-0.1, -0.05) is 12.8 Å². The zero-order valence-electron chi connectivity index (χ0n) is 20.1. The maximum atomic E-state index is 13.7. The monoisotopic (exact) mass is 532 g/mol. The molecule has 0 aromatic carbocycles. The van der Waals surface area contributed by atoms with Gasteiger partial charge in [0.15, 0.2) is 5.69 Å². The van der Waals surface area contributed by atoms with Crippen molar-refractivity contribution < 1.29 is 50.5 Å². The average Bonchev–Trinajstić information content (AvgIpc) is 2.70. The van der Waals surface area contributed by atoms with Crippen molar-refractivity contribution >= 4 is 17.7 Å². The number of amides is 2. The third-order valence-electron chi connectivity index (χ3n) is 4.55. The summed E-state index contributed by atoms with van der Waals surface area (Å²) in [5.74, 6) is 3.02. The molecule has 1 rings (SSSR count). The van der Waals surface area contributed by atoms with Crippen molar-refractivity contribution in [2.24, 2.45) is 5.84 Å². The fourth-order valence-corrected chi connectivity index (χ4v) is 2.90. The highest BCUT2D eigenvalue weighted by molar-refractivity contribution is 6.01. The second kappa shape index (κ2) is 12.4. The number of pyridine rings is 1. The van der Waals surface area contributed by atoms with Crippen LogP contribution in [0.1, 0.15) is 75.9 Å². The molecule has 2 atom stereocenters. The number of anilines is 1. The molecular formula is C21H30F6N4O5. The Balaban J connectivity index is 3.05. The molecule has 36 heavy (non-hydrogen) atoms. The van der Waals surface area contributed by atoms with Gasteiger partial charge in [-0.2, -0.15) is 26.3 Å². The molecule has 1 unspecified atom stereocenters. The van der Waals surface area contributed by atoms with E-state index in [0.717, 1.165) is 0 Å². The summed E-state index contributed by atoms with van der Waals surface area (Å²) in [4.78, 5) is 27.8. The molecule has 0 saturated carbocycles. The van der Waals surface area contributed by atoms with Crippen LogP contribution in [0.3, 0.4) is 0 Å². The van der Waals surface area contributed by atoms with Gasteiger partial charge in [0, 0.05) is 0 Å². The fraction of sp³-hybridized carbons (Fsp3) is 0.667. The maximum absolute atomic E-state index is 13.7. The Bertz CT molecular complexity index is 902. The first kappa shape index (κ1) is 31.2. The molecule has 15 heteroatoms. The minimum absolute atomic E-state index is 0.0469. The van der Waals surface area contributed by atoms with E-state index in [-0.39, 0.29) is 19.3 Å². The Morgan fingerprint density at radius 2 is 1.67 bits per heavy atom. The first-order valence-corrected chi connectivity index (χ1v) is 10.9. The number of halogens is 6. The van der Waals surface area contributed by atoms with Crippen molar-refractivity contribution in [3.05, 3.63) is 17.3 Å². The number of carbonyl (C=O) groups is 2. The summed E-state index contributed by atoms with van der Waals surface area (Å²) < 4.78 is 88.4. The van der Waals surface area contributed by atoms with Gasteiger partial charge in [-0.3, -0.25) is 15.5 Å². The second-order valence-electron chi connectivity index (χ2n) is 8.96. The van der Waals surface area contributed by atoms with Crippen molar-refractivity contribution in [2.45, 2.75) is 90.0 Å². The molecule has 0 saturated heterocycles. The molecule has 0 bridgehead atoms. The average molecular weight is 532 g/mol. The number of nitrogens with zero attached hydrogens (tertiary/aromatic N) is 1. The molecule has 0 aliphatic rings. The number of nitrogen functional groups attached to an aromatic ring is 1. The van der Waals surface area contributed by atoms with E-state index >= 15 is 0 Å². The zero-order chi connectivity index (χ0) is 27.9. The quantitative estimate of drug-likeness (QED) is 0.113. The summed E-state index contributed by atoms with van der Waals surface area (Å²) in [5, 5.41) is 11.0. The van der Waals surface area contributed by atoms with E-state index in [2.05, 4.69) is 4.98 Å². The number of hydrazine groups is 1. The summed E-state index contributed by atoms with van der Waals surface area (Å²) in [7, 11) is 0. The lowest BCUT2D eigenvalue weighted by atomic mass is 10.1. The number of aliphatic hydroxyl groups is 1. The fourth-order valence-electron chi connectivity index (χ4n) is 2.90. The minimum Gasteiger partial charge on any atom is -0.474 e. The van der Waals surface area contributed by atoms with E-state index in [1.165, 1.54) is 27.7 Å². The van der Waals surface area contributed by atoms with Crippen LogP contribution in [-0.4, -0.2) is 46.1 Å². The molecule has 0 radical (unpaired) electrons. The number of hydrogen-bond donors (Lipinski definition) is 4. The predicted octanol–water partition coefficient (Wildman–Crippen LogP) is 4.69. The Morgan fingerprint density at radius 1 is 1.08 bits per heavy atom. The van der Waals surface area contributed by atoms with Crippen molar-refractivity contribution in [3.63, 3.8) is 0 Å². The van der Waals surface area contributed by atoms with Crippen molar-refractivity contribution in [1.82, 2.24) is 10.4 Å². The van der Waals surface area contributed by atoms with Gasteiger partial charge in [-0.05, 0) is 53.0 Å². The third-order valence-corrected chi connectivity index (χ3v) is 4.55. The normalized spacial score (nSPS) is 14.1. The second-order valence-corrected chi connectivity index (χ2v) is 8.96. The summed E-state index contributed by atoms with van der Waals surface area (Å²) in [6.07, 6.45) is -13.9. The molecule has 0 aliphatic heterocycles. The van der Waals surface area contributed by atoms with Crippen LogP contribution in [0.4, 0.5) is 36.8 Å². The molecule has 1 aromatic heterocycles. The van der Waals surface area contributed by atoms with Crippen LogP contribution in [0.2, 0.25) is 0 Å². The molecule has 1 heterocycles. The summed E-state index contributed by atoms with van der Waals surface area (Å²) in [6.45, 7) is 5.99. The van der Waals surface area contributed by atoms with Gasteiger partial charge in [-0.25, -0.2) is 15.6 Å². The van der Waals surface area contributed by atoms with Gasteiger partial charge in [0.1, 0.15) is 17.3 Å². The summed E-state index contributed by atoms with van der Waals surface area (Å²) in [5.41, 5.74) is -1.94. The SMILES string of the molecule is C[C@H](CCCCCC(O)C(F)(F)F)Oc1nc(C(=O)NN)c(NC(=O)OC(C)(C)C)cc1C(F)(F)F. The topological polar surface area (TPSA) is 136 Å². The van der Waals surface area contributed by atoms with Gasteiger partial charge in [0.2, 0.25) is 5.88 Å². The van der Waals surface area contributed by atoms with E-state index in [4.69, 9.17) is 20.4 Å². The van der Waals surface area contributed by atoms with Crippen LogP contribution < -0.4 is 21.3 Å². The lowest BCUT2D eigenvalue weighted by Gasteiger charge is -2.22. The van der Waals surface area contributed by atoms with E-state index in [1.54, 1.807) is 5.43 Å². The van der Waals surface area contributed by atoms with Crippen molar-refractivity contribution in [3.8, 4) is 5.88 Å². The zero-order valence-corrected chi connectivity index (χ0v) is 20.1. The Hall–Kier alpha value is -2.81. The lowest BCUT2D eigenvalue weighted by Crippen LogP contribution is -2.33. The van der Waals surface area contributed by atoms with Gasteiger partial charge >= 0.3 is 18.4 Å². The summed E-state index contributed by atoms with van der Waals surface area (Å²) >= 11 is 0. The number of nitrogens with two attached hydrogens (primary N) is 1. The molecule has 1 aromatic rings. The molecule has 9 nitrogen and oxygen atoms in total. The Kier molecular flexibility index (Phi) is 10.8. The Morgan fingerprint density at radius 3 is 2.17 bits per heavy atom. The highest BCUT2D eigenvalue weighted by Gasteiger charge is 2.39. The number of alkyl halides is 6. The number of aliphatic hydroxyl groups excluding tert-OH is 1. The molecule has 5 N–H and O–H groups in total. The summed E-state index contributed by atoms with van der Waals surface area (Å²) in [6, 6.07) is 0.460. The molecule has 0 aliphatic carbocycles. The van der Waals surface area contributed by atoms with Crippen LogP contribution in [0, 0.1) is 0 Å². The smallest absolute Gasteiger partial charge is 0.421 e. The van der Waals surface area contributed by atoms with Crippen LogP contribution in [0.25, 0.3) is 0 Å². The van der Waals surface area contributed by atoms with Crippen LogP contribution in [0.5, 0.6) is 5.88 Å². The van der Waals surface area contributed by atoms with Gasteiger partial charge < -0.3 is 14.6 Å². The number of hydrogen-bond acceptors (Lipinski definition) is 7. The number of unbranched alkanes of at least 4 members (excludes halogenated alkanes) is 2. The number of carbonyl (C=O) groups excluding carboxylic acids is 2.